The van der Waals surface area contributed by atoms with Crippen LogP contribution in [0.5, 0.6) is 0 Å². The molecule has 5 aromatic carbocycles. The molecule has 0 aliphatic heterocycles. The molecule has 0 saturated carbocycles. The Kier molecular flexibility index (Phi) is 10.3. The summed E-state index contributed by atoms with van der Waals surface area (Å²) < 4.78 is 54.8. The molecule has 0 radical (unpaired) electrons. The van der Waals surface area contributed by atoms with Gasteiger partial charge in [-0.1, -0.05) is 66.7 Å². The Morgan fingerprint density at radius 2 is 1.20 bits per heavy atom. The zero-order chi connectivity index (χ0) is 32.7. The molecule has 0 aromatic heterocycles. The van der Waals surface area contributed by atoms with Crippen LogP contribution < -0.4 is 0 Å². The fourth-order valence-electron chi connectivity index (χ4n) is 5.81. The van der Waals surface area contributed by atoms with E-state index in [-0.39, 0.29) is 6.42 Å². The number of halogens is 3. The quantitative estimate of drug-likeness (QED) is 0.110. The van der Waals surface area contributed by atoms with Crippen molar-refractivity contribution in [3.63, 3.8) is 0 Å². The van der Waals surface area contributed by atoms with E-state index in [9.17, 15) is 23.5 Å². The highest BCUT2D eigenvalue weighted by molar-refractivity contribution is 8.29. The molecule has 46 heavy (non-hydrogen) atoms. The Labute approximate surface area is 269 Å². The highest BCUT2D eigenvalue weighted by Crippen LogP contribution is 2.56. The van der Waals surface area contributed by atoms with Crippen molar-refractivity contribution in [2.24, 2.45) is 0 Å². The molecular formula is C37H33BF3NO3S. The molecule has 0 aliphatic rings. The summed E-state index contributed by atoms with van der Waals surface area (Å²) in [6, 6.07) is 36.9. The van der Waals surface area contributed by atoms with Crippen molar-refractivity contribution in [2.75, 3.05) is 6.26 Å². The maximum atomic E-state index is 14.1. The molecule has 0 bridgehead atoms. The molecule has 1 N–H and O–H groups in total. The first-order valence-corrected chi connectivity index (χ1v) is 16.8. The summed E-state index contributed by atoms with van der Waals surface area (Å²) >= 11 is 0. The van der Waals surface area contributed by atoms with Crippen molar-refractivity contribution in [1.29, 1.82) is 5.26 Å². The molecule has 4 nitrogen and oxygen atoms in total. The van der Waals surface area contributed by atoms with Gasteiger partial charge in [0.25, 0.3) is 0 Å². The van der Waals surface area contributed by atoms with Gasteiger partial charge in [-0.25, -0.2) is 13.2 Å². The van der Waals surface area contributed by atoms with Crippen molar-refractivity contribution in [3.8, 4) is 6.07 Å². The van der Waals surface area contributed by atoms with Gasteiger partial charge in [0.1, 0.15) is 17.5 Å². The van der Waals surface area contributed by atoms with Crippen molar-refractivity contribution in [1.82, 2.24) is 0 Å². The lowest BCUT2D eigenvalue weighted by Crippen LogP contribution is -2.37. The minimum atomic E-state index is -2.13. The van der Waals surface area contributed by atoms with Crippen LogP contribution in [0.2, 0.25) is 0 Å². The third kappa shape index (κ3) is 7.55. The van der Waals surface area contributed by atoms with Crippen molar-refractivity contribution >= 4 is 17.6 Å². The van der Waals surface area contributed by atoms with Crippen molar-refractivity contribution in [3.05, 3.63) is 173 Å². The average molecular weight is 640 g/mol. The molecular weight excluding hydrogens is 606 g/mol. The van der Waals surface area contributed by atoms with Gasteiger partial charge in [0.15, 0.2) is 0 Å². The minimum absolute atomic E-state index is 0.212. The molecule has 5 aromatic rings. The summed E-state index contributed by atoms with van der Waals surface area (Å²) in [6.07, 6.45) is 1.49. The van der Waals surface area contributed by atoms with Crippen LogP contribution in [0, 0.1) is 28.8 Å². The summed E-state index contributed by atoms with van der Waals surface area (Å²) in [6.45, 7) is 1.79. The SMILES string of the molecule is CC(CC(c1ccc(F)cc1)(c1ccc(F)cc1)c1ccc(F)cc1)OB(O)OS(C)(Cc1ccc(C#N)cc1)c1ccccc1. The Morgan fingerprint density at radius 3 is 1.63 bits per heavy atom. The van der Waals surface area contributed by atoms with E-state index in [1.165, 1.54) is 36.4 Å². The van der Waals surface area contributed by atoms with Crippen molar-refractivity contribution < 1.29 is 27.0 Å². The van der Waals surface area contributed by atoms with Gasteiger partial charge in [-0.3, -0.25) is 0 Å². The van der Waals surface area contributed by atoms with E-state index in [0.717, 1.165) is 10.5 Å². The number of hydrogen-bond acceptors (Lipinski definition) is 4. The lowest BCUT2D eigenvalue weighted by atomic mass is 9.66. The number of rotatable bonds is 12. The summed E-state index contributed by atoms with van der Waals surface area (Å²) in [4.78, 5) is 0.896. The Bertz CT molecular complexity index is 1660. The molecule has 2 atom stereocenters. The zero-order valence-electron chi connectivity index (χ0n) is 25.4. The van der Waals surface area contributed by atoms with Gasteiger partial charge in [0.05, 0.1) is 11.6 Å². The van der Waals surface area contributed by atoms with Gasteiger partial charge < -0.3 is 13.8 Å². The average Bonchev–Trinajstić information content (AvgIpc) is 3.05. The molecule has 5 rings (SSSR count). The van der Waals surface area contributed by atoms with E-state index in [0.29, 0.717) is 28.0 Å². The van der Waals surface area contributed by atoms with Crippen LogP contribution in [-0.4, -0.2) is 24.7 Å². The zero-order valence-corrected chi connectivity index (χ0v) is 26.3. The summed E-state index contributed by atoms with van der Waals surface area (Å²) in [5.41, 5.74) is 2.48. The molecule has 0 spiro atoms. The molecule has 0 heterocycles. The van der Waals surface area contributed by atoms with Crippen LogP contribution in [-0.2, 0) is 19.9 Å². The predicted molar refractivity (Wildman–Crippen MR) is 176 cm³/mol. The number of nitrogens with zero attached hydrogens (tertiary/aromatic N) is 1. The second-order valence-electron chi connectivity index (χ2n) is 11.3. The summed E-state index contributed by atoms with van der Waals surface area (Å²) in [5, 5.41) is 20.5. The van der Waals surface area contributed by atoms with Gasteiger partial charge in [0.2, 0.25) is 0 Å². The molecule has 0 amide bonds. The second kappa shape index (κ2) is 14.4. The number of hydrogen-bond donors (Lipinski definition) is 1. The Balaban J connectivity index is 1.48. The lowest BCUT2D eigenvalue weighted by molar-refractivity contribution is 0.123. The molecule has 0 aliphatic carbocycles. The van der Waals surface area contributed by atoms with E-state index in [4.69, 9.17) is 8.75 Å². The number of nitriles is 1. The van der Waals surface area contributed by atoms with Crippen LogP contribution in [0.25, 0.3) is 0 Å². The van der Waals surface area contributed by atoms with Gasteiger partial charge in [-0.2, -0.15) is 5.26 Å². The van der Waals surface area contributed by atoms with E-state index < -0.39 is 46.6 Å². The molecule has 0 saturated heterocycles. The third-order valence-electron chi connectivity index (χ3n) is 8.02. The van der Waals surface area contributed by atoms with Crippen LogP contribution in [0.15, 0.2) is 132 Å². The van der Waals surface area contributed by atoms with Crippen LogP contribution in [0.4, 0.5) is 13.2 Å². The van der Waals surface area contributed by atoms with Gasteiger partial charge in [-0.05, 0) is 103 Å². The highest BCUT2D eigenvalue weighted by atomic mass is 32.3. The Hall–Kier alpha value is -4.33. The van der Waals surface area contributed by atoms with E-state index in [2.05, 4.69) is 6.07 Å². The fourth-order valence-corrected chi connectivity index (χ4v) is 8.13. The minimum Gasteiger partial charge on any atom is -0.401 e. The van der Waals surface area contributed by atoms with Crippen LogP contribution in [0.1, 0.15) is 41.2 Å². The van der Waals surface area contributed by atoms with E-state index in [1.54, 1.807) is 55.5 Å². The maximum Gasteiger partial charge on any atom is 0.647 e. The maximum absolute atomic E-state index is 14.1. The first-order chi connectivity index (χ1) is 22.1. The smallest absolute Gasteiger partial charge is 0.401 e. The first-order valence-electron chi connectivity index (χ1n) is 14.7. The normalized spacial score (nSPS) is 14.1. The van der Waals surface area contributed by atoms with Crippen LogP contribution in [0.3, 0.4) is 0 Å². The largest absolute Gasteiger partial charge is 0.647 e. The summed E-state index contributed by atoms with van der Waals surface area (Å²) in [7, 11) is -3.76. The third-order valence-corrected chi connectivity index (χ3v) is 10.8. The molecule has 9 heteroatoms. The highest BCUT2D eigenvalue weighted by Gasteiger charge is 2.40. The monoisotopic (exact) mass is 639 g/mol. The van der Waals surface area contributed by atoms with Crippen LogP contribution >= 0.6 is 10.3 Å². The second-order valence-corrected chi connectivity index (χ2v) is 14.2. The van der Waals surface area contributed by atoms with E-state index >= 15 is 0 Å². The predicted octanol–water partition coefficient (Wildman–Crippen LogP) is 8.71. The molecule has 234 valence electrons. The molecule has 2 unspecified atom stereocenters. The van der Waals surface area contributed by atoms with Gasteiger partial charge in [-0.15, -0.1) is 10.3 Å². The van der Waals surface area contributed by atoms with Crippen molar-refractivity contribution in [2.45, 2.75) is 35.5 Å². The van der Waals surface area contributed by atoms with E-state index in [1.807, 2.05) is 48.7 Å². The van der Waals surface area contributed by atoms with Gasteiger partial charge >= 0.3 is 7.32 Å². The summed E-state index contributed by atoms with van der Waals surface area (Å²) in [5.74, 6) is -0.805. The molecule has 0 fully saturated rings. The topological polar surface area (TPSA) is 62.5 Å². The number of benzene rings is 5. The Morgan fingerprint density at radius 1 is 0.739 bits per heavy atom. The van der Waals surface area contributed by atoms with Gasteiger partial charge in [0, 0.05) is 22.2 Å². The standard InChI is InChI=1S/C37H33BF3NO3S/c1-27(44-38(43)45-46(2,36-6-4-3-5-7-36)26-29-10-8-28(25-42)9-11-29)24-37(30-12-18-33(39)19-13-30,31-14-20-34(40)21-15-31)32-16-22-35(41)23-17-32/h3-23,27,43H,24,26H2,1-2H3. The fraction of sp³-hybridized carbons (Fsp3) is 0.162. The lowest BCUT2D eigenvalue weighted by Gasteiger charge is -2.40. The first kappa shape index (κ1) is 33.1.